The number of nitrogens with zero attached hydrogens (tertiary/aromatic N) is 1. The number of anilines is 1. The summed E-state index contributed by atoms with van der Waals surface area (Å²) in [5.74, 6) is 0.882. The van der Waals surface area contributed by atoms with Crippen molar-refractivity contribution in [3.8, 4) is 5.75 Å². The van der Waals surface area contributed by atoms with Crippen molar-refractivity contribution < 1.29 is 4.74 Å². The van der Waals surface area contributed by atoms with E-state index < -0.39 is 0 Å². The molecular weight excluding hydrogens is 212 g/mol. The van der Waals surface area contributed by atoms with Crippen molar-refractivity contribution in [3.63, 3.8) is 0 Å². The van der Waals surface area contributed by atoms with Gasteiger partial charge in [0.1, 0.15) is 5.75 Å². The SMILES string of the molecule is CCCN(CC)c1cccc(OC)c1[C@H](C)N. The van der Waals surface area contributed by atoms with Crippen LogP contribution in [-0.2, 0) is 0 Å². The van der Waals surface area contributed by atoms with Crippen LogP contribution in [0.1, 0.15) is 38.8 Å². The van der Waals surface area contributed by atoms with Gasteiger partial charge in [0, 0.05) is 30.4 Å². The summed E-state index contributed by atoms with van der Waals surface area (Å²) >= 11 is 0. The summed E-state index contributed by atoms with van der Waals surface area (Å²) in [5, 5.41) is 0. The zero-order valence-corrected chi connectivity index (χ0v) is 11.4. The zero-order chi connectivity index (χ0) is 12.8. The molecule has 0 aromatic heterocycles. The van der Waals surface area contributed by atoms with E-state index in [0.29, 0.717) is 0 Å². The molecule has 96 valence electrons. The third kappa shape index (κ3) is 3.13. The summed E-state index contributed by atoms with van der Waals surface area (Å²) in [6, 6.07) is 6.10. The lowest BCUT2D eigenvalue weighted by Gasteiger charge is -2.27. The lowest BCUT2D eigenvalue weighted by molar-refractivity contribution is 0.407. The summed E-state index contributed by atoms with van der Waals surface area (Å²) in [6.45, 7) is 8.39. The topological polar surface area (TPSA) is 38.5 Å². The van der Waals surface area contributed by atoms with Gasteiger partial charge in [0.05, 0.1) is 7.11 Å². The monoisotopic (exact) mass is 236 g/mol. The Morgan fingerprint density at radius 1 is 1.35 bits per heavy atom. The van der Waals surface area contributed by atoms with E-state index in [-0.39, 0.29) is 6.04 Å². The number of benzene rings is 1. The Morgan fingerprint density at radius 3 is 2.53 bits per heavy atom. The van der Waals surface area contributed by atoms with Gasteiger partial charge in [0.25, 0.3) is 0 Å². The van der Waals surface area contributed by atoms with Gasteiger partial charge in [-0.3, -0.25) is 0 Å². The molecule has 0 heterocycles. The number of nitrogens with two attached hydrogens (primary N) is 1. The first-order valence-corrected chi connectivity index (χ1v) is 6.33. The van der Waals surface area contributed by atoms with Gasteiger partial charge in [-0.2, -0.15) is 0 Å². The second-order valence-corrected chi connectivity index (χ2v) is 4.26. The fourth-order valence-electron chi connectivity index (χ4n) is 2.16. The van der Waals surface area contributed by atoms with Crippen LogP contribution in [0.2, 0.25) is 0 Å². The van der Waals surface area contributed by atoms with E-state index in [1.165, 1.54) is 5.69 Å². The first-order chi connectivity index (χ1) is 8.15. The lowest BCUT2D eigenvalue weighted by Crippen LogP contribution is -2.26. The van der Waals surface area contributed by atoms with Crippen LogP contribution in [-0.4, -0.2) is 20.2 Å². The molecule has 17 heavy (non-hydrogen) atoms. The van der Waals surface area contributed by atoms with E-state index in [1.807, 2.05) is 19.1 Å². The zero-order valence-electron chi connectivity index (χ0n) is 11.4. The standard InChI is InChI=1S/C14H24N2O/c1-5-10-16(6-2)12-8-7-9-13(17-4)14(12)11(3)15/h7-9,11H,5-6,10,15H2,1-4H3/t11-/m0/s1. The van der Waals surface area contributed by atoms with Gasteiger partial charge in [0.2, 0.25) is 0 Å². The molecule has 0 saturated carbocycles. The molecule has 0 fully saturated rings. The highest BCUT2D eigenvalue weighted by Crippen LogP contribution is 2.33. The van der Waals surface area contributed by atoms with Crippen molar-refractivity contribution in [2.75, 3.05) is 25.1 Å². The van der Waals surface area contributed by atoms with E-state index >= 15 is 0 Å². The fraction of sp³-hybridized carbons (Fsp3) is 0.571. The molecule has 3 nitrogen and oxygen atoms in total. The van der Waals surface area contributed by atoms with Crippen molar-refractivity contribution in [2.24, 2.45) is 5.73 Å². The number of hydrogen-bond donors (Lipinski definition) is 1. The molecule has 0 aliphatic carbocycles. The third-order valence-corrected chi connectivity index (χ3v) is 2.93. The second kappa shape index (κ2) is 6.50. The molecular formula is C14H24N2O. The Morgan fingerprint density at radius 2 is 2.06 bits per heavy atom. The Bertz CT molecular complexity index is 350. The second-order valence-electron chi connectivity index (χ2n) is 4.26. The highest BCUT2D eigenvalue weighted by molar-refractivity contribution is 5.60. The number of ether oxygens (including phenoxy) is 1. The van der Waals surface area contributed by atoms with Crippen LogP contribution in [0.3, 0.4) is 0 Å². The van der Waals surface area contributed by atoms with Crippen molar-refractivity contribution in [3.05, 3.63) is 23.8 Å². The highest BCUT2D eigenvalue weighted by Gasteiger charge is 2.16. The maximum atomic E-state index is 6.07. The first kappa shape index (κ1) is 13.8. The van der Waals surface area contributed by atoms with E-state index in [0.717, 1.165) is 30.8 Å². The minimum atomic E-state index is -0.0212. The van der Waals surface area contributed by atoms with Crippen LogP contribution in [0.15, 0.2) is 18.2 Å². The lowest BCUT2D eigenvalue weighted by atomic mass is 10.0. The molecule has 0 aliphatic heterocycles. The summed E-state index contributed by atoms with van der Waals surface area (Å²) in [6.07, 6.45) is 1.13. The molecule has 0 unspecified atom stereocenters. The fourth-order valence-corrected chi connectivity index (χ4v) is 2.16. The van der Waals surface area contributed by atoms with Gasteiger partial charge >= 0.3 is 0 Å². The predicted molar refractivity (Wildman–Crippen MR) is 73.8 cm³/mol. The smallest absolute Gasteiger partial charge is 0.125 e. The third-order valence-electron chi connectivity index (χ3n) is 2.93. The van der Waals surface area contributed by atoms with Crippen LogP contribution < -0.4 is 15.4 Å². The Labute approximate surface area is 105 Å². The molecule has 0 aliphatic rings. The number of rotatable bonds is 6. The van der Waals surface area contributed by atoms with Crippen LogP contribution in [0.25, 0.3) is 0 Å². The number of methoxy groups -OCH3 is 1. The summed E-state index contributed by atoms with van der Waals surface area (Å²) in [4.78, 5) is 2.35. The van der Waals surface area contributed by atoms with Crippen molar-refractivity contribution in [2.45, 2.75) is 33.2 Å². The first-order valence-electron chi connectivity index (χ1n) is 6.33. The van der Waals surface area contributed by atoms with Crippen LogP contribution in [0.5, 0.6) is 5.75 Å². The molecule has 1 aromatic carbocycles. The Balaban J connectivity index is 3.20. The molecule has 3 heteroatoms. The largest absolute Gasteiger partial charge is 0.496 e. The molecule has 0 amide bonds. The Kier molecular flexibility index (Phi) is 5.29. The molecule has 1 rings (SSSR count). The normalized spacial score (nSPS) is 12.3. The van der Waals surface area contributed by atoms with E-state index in [9.17, 15) is 0 Å². The quantitative estimate of drug-likeness (QED) is 0.825. The predicted octanol–water partition coefficient (Wildman–Crippen LogP) is 2.95. The van der Waals surface area contributed by atoms with Crippen LogP contribution in [0.4, 0.5) is 5.69 Å². The van der Waals surface area contributed by atoms with Gasteiger partial charge in [0.15, 0.2) is 0 Å². The van der Waals surface area contributed by atoms with Gasteiger partial charge in [-0.1, -0.05) is 13.0 Å². The van der Waals surface area contributed by atoms with Crippen molar-refractivity contribution in [1.82, 2.24) is 0 Å². The minimum Gasteiger partial charge on any atom is -0.496 e. The van der Waals surface area contributed by atoms with Gasteiger partial charge in [-0.05, 0) is 32.4 Å². The molecule has 0 bridgehead atoms. The maximum absolute atomic E-state index is 6.07. The van der Waals surface area contributed by atoms with E-state index in [1.54, 1.807) is 7.11 Å². The molecule has 2 N–H and O–H groups in total. The van der Waals surface area contributed by atoms with Crippen LogP contribution >= 0.6 is 0 Å². The summed E-state index contributed by atoms with van der Waals surface area (Å²) in [7, 11) is 1.70. The van der Waals surface area contributed by atoms with Crippen molar-refractivity contribution >= 4 is 5.69 Å². The molecule has 0 saturated heterocycles. The maximum Gasteiger partial charge on any atom is 0.125 e. The molecule has 1 atom stereocenters. The number of hydrogen-bond acceptors (Lipinski definition) is 3. The van der Waals surface area contributed by atoms with E-state index in [2.05, 4.69) is 24.8 Å². The summed E-state index contributed by atoms with van der Waals surface area (Å²) in [5.41, 5.74) is 8.37. The van der Waals surface area contributed by atoms with Gasteiger partial charge < -0.3 is 15.4 Å². The van der Waals surface area contributed by atoms with Crippen LogP contribution in [0, 0.1) is 0 Å². The average molecular weight is 236 g/mol. The van der Waals surface area contributed by atoms with Gasteiger partial charge in [-0.25, -0.2) is 0 Å². The Hall–Kier alpha value is -1.22. The molecule has 0 radical (unpaired) electrons. The summed E-state index contributed by atoms with van der Waals surface area (Å²) < 4.78 is 5.41. The van der Waals surface area contributed by atoms with Gasteiger partial charge in [-0.15, -0.1) is 0 Å². The molecule has 1 aromatic rings. The van der Waals surface area contributed by atoms with Crippen molar-refractivity contribution in [1.29, 1.82) is 0 Å². The highest BCUT2D eigenvalue weighted by atomic mass is 16.5. The minimum absolute atomic E-state index is 0.0212. The van der Waals surface area contributed by atoms with E-state index in [4.69, 9.17) is 10.5 Å². The molecule has 0 spiro atoms. The average Bonchev–Trinajstić information content (AvgIpc) is 2.34.